The monoisotopic (exact) mass is 430 g/mol. The van der Waals surface area contributed by atoms with Gasteiger partial charge in [-0.1, -0.05) is 72.8 Å². The Morgan fingerprint density at radius 3 is 1.91 bits per heavy atom. The zero-order valence-corrected chi connectivity index (χ0v) is 17.3. The quantitative estimate of drug-likeness (QED) is 0.409. The molecule has 0 radical (unpaired) electrons. The first-order valence-electron chi connectivity index (χ1n) is 9.96. The van der Waals surface area contributed by atoms with Crippen molar-refractivity contribution in [2.24, 2.45) is 0 Å². The lowest BCUT2D eigenvalue weighted by Gasteiger charge is -2.12. The largest absolute Gasteiger partial charge is 0.514 e. The Hall–Kier alpha value is -4.31. The van der Waals surface area contributed by atoms with Gasteiger partial charge in [0.05, 0.1) is 6.07 Å². The fourth-order valence-electron chi connectivity index (χ4n) is 2.81. The highest BCUT2D eigenvalue weighted by molar-refractivity contribution is 5.68. The van der Waals surface area contributed by atoms with Gasteiger partial charge in [0.15, 0.2) is 0 Å². The zero-order valence-electron chi connectivity index (χ0n) is 17.3. The van der Waals surface area contributed by atoms with Crippen molar-refractivity contribution < 1.29 is 23.8 Å². The Morgan fingerprint density at radius 2 is 1.34 bits per heavy atom. The molecule has 0 unspecified atom stereocenters. The highest BCUT2D eigenvalue weighted by Crippen LogP contribution is 2.15. The molecule has 3 aromatic carbocycles. The summed E-state index contributed by atoms with van der Waals surface area (Å²) in [5.74, 6) is 0.315. The number of amides is 1. The number of ether oxygens (including phenoxy) is 3. The van der Waals surface area contributed by atoms with Gasteiger partial charge in [-0.25, -0.2) is 9.59 Å². The molecule has 3 rings (SSSR count). The molecule has 0 aliphatic carbocycles. The molecule has 0 saturated heterocycles. The maximum absolute atomic E-state index is 12.0. The highest BCUT2D eigenvalue weighted by atomic mass is 16.7. The third kappa shape index (κ3) is 7.50. The highest BCUT2D eigenvalue weighted by Gasteiger charge is 2.14. The summed E-state index contributed by atoms with van der Waals surface area (Å²) in [5.41, 5.74) is 2.50. The van der Waals surface area contributed by atoms with Crippen LogP contribution < -0.4 is 10.1 Å². The van der Waals surface area contributed by atoms with Gasteiger partial charge in [-0.3, -0.25) is 0 Å². The number of nitriles is 1. The average molecular weight is 430 g/mol. The van der Waals surface area contributed by atoms with Crippen LogP contribution in [0.1, 0.15) is 16.7 Å². The Balaban J connectivity index is 1.43. The first-order chi connectivity index (χ1) is 15.6. The second-order valence-electron chi connectivity index (χ2n) is 6.86. The zero-order chi connectivity index (χ0) is 22.6. The summed E-state index contributed by atoms with van der Waals surface area (Å²) in [5, 5.41) is 11.9. The van der Waals surface area contributed by atoms with Crippen molar-refractivity contribution in [2.75, 3.05) is 0 Å². The van der Waals surface area contributed by atoms with Crippen LogP contribution in [0.2, 0.25) is 0 Å². The standard InChI is InChI=1S/C25H22N2O5/c26-16-22(27-24(28)30-17-20-7-3-1-4-8-20)15-19-11-13-23(14-12-19)32-25(29)31-18-21-9-5-2-6-10-21/h1-14,22H,15,17-18H2,(H,27,28)/t22-/m1/s1. The second kappa shape index (κ2) is 11.8. The normalized spacial score (nSPS) is 11.0. The molecule has 0 bridgehead atoms. The Bertz CT molecular complexity index is 1050. The topological polar surface area (TPSA) is 97.6 Å². The van der Waals surface area contributed by atoms with Crippen molar-refractivity contribution in [2.45, 2.75) is 25.7 Å². The molecule has 0 spiro atoms. The number of carbonyl (C=O) groups is 2. The smallest absolute Gasteiger partial charge is 0.445 e. The number of hydrogen-bond acceptors (Lipinski definition) is 6. The van der Waals surface area contributed by atoms with Gasteiger partial charge in [0.2, 0.25) is 0 Å². The fraction of sp³-hybridized carbons (Fsp3) is 0.160. The van der Waals surface area contributed by atoms with E-state index in [1.807, 2.05) is 66.7 Å². The molecule has 3 aromatic rings. The lowest BCUT2D eigenvalue weighted by atomic mass is 10.1. The van der Waals surface area contributed by atoms with Gasteiger partial charge in [-0.15, -0.1) is 0 Å². The first kappa shape index (κ1) is 22.4. The molecule has 0 saturated carbocycles. The van der Waals surface area contributed by atoms with Crippen molar-refractivity contribution >= 4 is 12.2 Å². The van der Waals surface area contributed by atoms with Gasteiger partial charge >= 0.3 is 12.2 Å². The van der Waals surface area contributed by atoms with Crippen molar-refractivity contribution in [3.63, 3.8) is 0 Å². The summed E-state index contributed by atoms with van der Waals surface area (Å²) < 4.78 is 15.4. The minimum atomic E-state index is -0.806. The van der Waals surface area contributed by atoms with Crippen LogP contribution in [0.3, 0.4) is 0 Å². The SMILES string of the molecule is N#C[C@@H](Cc1ccc(OC(=O)OCc2ccccc2)cc1)NC(=O)OCc1ccccc1. The summed E-state index contributed by atoms with van der Waals surface area (Å²) in [6.07, 6.45) is -1.20. The van der Waals surface area contributed by atoms with Crippen LogP contribution in [0.15, 0.2) is 84.9 Å². The second-order valence-corrected chi connectivity index (χ2v) is 6.86. The molecule has 0 aliphatic rings. The van der Waals surface area contributed by atoms with Crippen molar-refractivity contribution in [3.8, 4) is 11.8 Å². The number of rotatable bonds is 8. The summed E-state index contributed by atoms with van der Waals surface area (Å²) in [4.78, 5) is 23.8. The molecule has 1 atom stereocenters. The number of carbonyl (C=O) groups excluding carboxylic acids is 2. The fourth-order valence-corrected chi connectivity index (χ4v) is 2.81. The number of benzene rings is 3. The maximum Gasteiger partial charge on any atom is 0.514 e. The van der Waals surface area contributed by atoms with Crippen LogP contribution in [0, 0.1) is 11.3 Å². The molecule has 32 heavy (non-hydrogen) atoms. The number of hydrogen-bond donors (Lipinski definition) is 1. The summed E-state index contributed by atoms with van der Waals surface area (Å²) in [7, 11) is 0. The minimum absolute atomic E-state index is 0.119. The van der Waals surface area contributed by atoms with E-state index in [0.717, 1.165) is 16.7 Å². The molecule has 1 N–H and O–H groups in total. The van der Waals surface area contributed by atoms with Gasteiger partial charge in [-0.2, -0.15) is 5.26 Å². The van der Waals surface area contributed by atoms with Crippen molar-refractivity contribution in [3.05, 3.63) is 102 Å². The summed E-state index contributed by atoms with van der Waals surface area (Å²) in [6, 6.07) is 26.4. The third-order valence-corrected chi connectivity index (χ3v) is 4.42. The van der Waals surface area contributed by atoms with E-state index in [1.54, 1.807) is 24.3 Å². The molecule has 0 heterocycles. The van der Waals surface area contributed by atoms with Crippen LogP contribution in [0.4, 0.5) is 9.59 Å². The lowest BCUT2D eigenvalue weighted by molar-refractivity contribution is 0.0927. The Morgan fingerprint density at radius 1 is 0.781 bits per heavy atom. The first-order valence-corrected chi connectivity index (χ1v) is 9.96. The lowest BCUT2D eigenvalue weighted by Crippen LogP contribution is -2.35. The molecule has 1 amide bonds. The van der Waals surface area contributed by atoms with Crippen molar-refractivity contribution in [1.29, 1.82) is 5.26 Å². The van der Waals surface area contributed by atoms with E-state index in [1.165, 1.54) is 0 Å². The molecule has 0 fully saturated rings. The number of nitrogens with zero attached hydrogens (tertiary/aromatic N) is 1. The molecule has 0 aromatic heterocycles. The van der Waals surface area contributed by atoms with Gasteiger partial charge < -0.3 is 19.5 Å². The predicted octanol–water partition coefficient (Wildman–Crippen LogP) is 4.76. The van der Waals surface area contributed by atoms with E-state index in [2.05, 4.69) is 5.32 Å². The molecule has 162 valence electrons. The van der Waals surface area contributed by atoms with Gasteiger partial charge in [0.25, 0.3) is 0 Å². The number of alkyl carbamates (subject to hydrolysis) is 1. The van der Waals surface area contributed by atoms with Crippen LogP contribution in [-0.2, 0) is 29.1 Å². The van der Waals surface area contributed by atoms with E-state index >= 15 is 0 Å². The summed E-state index contributed by atoms with van der Waals surface area (Å²) >= 11 is 0. The number of nitrogens with one attached hydrogen (secondary N) is 1. The van der Waals surface area contributed by atoms with E-state index in [0.29, 0.717) is 5.75 Å². The van der Waals surface area contributed by atoms with Gasteiger partial charge in [-0.05, 0) is 28.8 Å². The third-order valence-electron chi connectivity index (χ3n) is 4.42. The van der Waals surface area contributed by atoms with Crippen LogP contribution >= 0.6 is 0 Å². The van der Waals surface area contributed by atoms with E-state index in [9.17, 15) is 14.9 Å². The molecule has 7 heteroatoms. The maximum atomic E-state index is 12.0. The van der Waals surface area contributed by atoms with E-state index < -0.39 is 18.3 Å². The minimum Gasteiger partial charge on any atom is -0.445 e. The molecular weight excluding hydrogens is 408 g/mol. The van der Waals surface area contributed by atoms with Crippen LogP contribution in [0.5, 0.6) is 5.75 Å². The molecular formula is C25H22N2O5. The summed E-state index contributed by atoms with van der Waals surface area (Å²) in [6.45, 7) is 0.241. The van der Waals surface area contributed by atoms with E-state index in [4.69, 9.17) is 14.2 Å². The molecule has 7 nitrogen and oxygen atoms in total. The van der Waals surface area contributed by atoms with Gasteiger partial charge in [0.1, 0.15) is 25.0 Å². The Kier molecular flexibility index (Phi) is 8.23. The van der Waals surface area contributed by atoms with Crippen LogP contribution in [-0.4, -0.2) is 18.3 Å². The van der Waals surface area contributed by atoms with Gasteiger partial charge in [0, 0.05) is 6.42 Å². The molecule has 0 aliphatic heterocycles. The average Bonchev–Trinajstić information content (AvgIpc) is 2.83. The van der Waals surface area contributed by atoms with Crippen LogP contribution in [0.25, 0.3) is 0 Å². The van der Waals surface area contributed by atoms with Crippen molar-refractivity contribution in [1.82, 2.24) is 5.32 Å². The Labute approximate surface area is 186 Å². The predicted molar refractivity (Wildman–Crippen MR) is 117 cm³/mol. The van der Waals surface area contributed by atoms with E-state index in [-0.39, 0.29) is 19.6 Å².